The van der Waals surface area contributed by atoms with E-state index in [2.05, 4.69) is 10.3 Å². The molecule has 33 heavy (non-hydrogen) atoms. The Morgan fingerprint density at radius 1 is 0.970 bits per heavy atom. The summed E-state index contributed by atoms with van der Waals surface area (Å²) in [6.45, 7) is 1.89. The second kappa shape index (κ2) is 10.1. The number of pyridine rings is 1. The quantitative estimate of drug-likeness (QED) is 0.355. The highest BCUT2D eigenvalue weighted by atomic mass is 35.5. The Morgan fingerprint density at radius 2 is 1.70 bits per heavy atom. The van der Waals surface area contributed by atoms with Crippen molar-refractivity contribution in [1.29, 1.82) is 0 Å². The van der Waals surface area contributed by atoms with Crippen molar-refractivity contribution in [1.82, 2.24) is 4.98 Å². The van der Waals surface area contributed by atoms with Gasteiger partial charge in [-0.2, -0.15) is 0 Å². The van der Waals surface area contributed by atoms with Crippen LogP contribution in [0.2, 0.25) is 5.02 Å². The largest absolute Gasteiger partial charge is 0.492 e. The Hall–Kier alpha value is -3.90. The third kappa shape index (κ3) is 5.30. The summed E-state index contributed by atoms with van der Waals surface area (Å²) in [5.74, 6) is -0.531. The fourth-order valence-electron chi connectivity index (χ4n) is 3.36. The number of benzene rings is 3. The van der Waals surface area contributed by atoms with E-state index >= 15 is 0 Å². The van der Waals surface area contributed by atoms with Gasteiger partial charge >= 0.3 is 5.97 Å². The van der Waals surface area contributed by atoms with Crippen LogP contribution in [0.25, 0.3) is 22.2 Å². The molecular formula is C26H21ClN2O4. The van der Waals surface area contributed by atoms with Crippen molar-refractivity contribution < 1.29 is 19.1 Å². The third-order valence-corrected chi connectivity index (χ3v) is 5.12. The number of amides is 1. The Balaban J connectivity index is 1.54. The molecule has 0 fully saturated rings. The van der Waals surface area contributed by atoms with Gasteiger partial charge in [0.2, 0.25) is 0 Å². The molecule has 0 unspecified atom stereocenters. The molecule has 4 aromatic rings. The number of halogens is 1. The lowest BCUT2D eigenvalue weighted by atomic mass is 10.0. The molecule has 0 spiro atoms. The Kier molecular flexibility index (Phi) is 6.86. The number of para-hydroxylation sites is 3. The second-order valence-electron chi connectivity index (χ2n) is 7.13. The third-order valence-electron chi connectivity index (χ3n) is 4.87. The summed E-state index contributed by atoms with van der Waals surface area (Å²) in [7, 11) is 0. The van der Waals surface area contributed by atoms with E-state index in [1.165, 1.54) is 0 Å². The molecule has 1 heterocycles. The lowest BCUT2D eigenvalue weighted by Crippen LogP contribution is -2.21. The van der Waals surface area contributed by atoms with Gasteiger partial charge in [-0.25, -0.2) is 9.78 Å². The van der Waals surface area contributed by atoms with E-state index in [-0.39, 0.29) is 0 Å². The van der Waals surface area contributed by atoms with Crippen LogP contribution in [0.3, 0.4) is 0 Å². The molecule has 166 valence electrons. The van der Waals surface area contributed by atoms with Gasteiger partial charge in [0.25, 0.3) is 5.91 Å². The number of ether oxygens (including phenoxy) is 2. The van der Waals surface area contributed by atoms with Gasteiger partial charge in [0.1, 0.15) is 5.75 Å². The molecule has 0 aliphatic carbocycles. The van der Waals surface area contributed by atoms with Crippen molar-refractivity contribution in [3.63, 3.8) is 0 Å². The first-order valence-corrected chi connectivity index (χ1v) is 10.8. The van der Waals surface area contributed by atoms with Crippen molar-refractivity contribution in [2.75, 3.05) is 18.5 Å². The number of fused-ring (bicyclic) bond motifs is 1. The number of nitrogens with one attached hydrogen (secondary N) is 1. The first kappa shape index (κ1) is 22.3. The number of carbonyl (C=O) groups is 2. The van der Waals surface area contributed by atoms with E-state index in [0.717, 1.165) is 5.56 Å². The van der Waals surface area contributed by atoms with Crippen LogP contribution in [-0.2, 0) is 9.53 Å². The first-order chi connectivity index (χ1) is 16.0. The van der Waals surface area contributed by atoms with Gasteiger partial charge in [-0.3, -0.25) is 4.79 Å². The molecule has 6 nitrogen and oxygen atoms in total. The molecule has 0 aliphatic heterocycles. The molecule has 0 atom stereocenters. The Bertz CT molecular complexity index is 1310. The van der Waals surface area contributed by atoms with Crippen molar-refractivity contribution in [3.05, 3.63) is 89.4 Å². The molecule has 1 aromatic heterocycles. The number of nitrogens with zero attached hydrogens (tertiary/aromatic N) is 1. The summed E-state index contributed by atoms with van der Waals surface area (Å²) in [4.78, 5) is 30.0. The molecule has 0 radical (unpaired) electrons. The van der Waals surface area contributed by atoms with Crippen LogP contribution in [-0.4, -0.2) is 30.1 Å². The van der Waals surface area contributed by atoms with Crippen LogP contribution in [0.1, 0.15) is 17.3 Å². The fourth-order valence-corrected chi connectivity index (χ4v) is 3.49. The van der Waals surface area contributed by atoms with Crippen LogP contribution in [0.5, 0.6) is 5.75 Å². The summed E-state index contributed by atoms with van der Waals surface area (Å²) in [5, 5.41) is 3.96. The average Bonchev–Trinajstić information content (AvgIpc) is 2.83. The van der Waals surface area contributed by atoms with Crippen LogP contribution in [0, 0.1) is 0 Å². The van der Waals surface area contributed by atoms with Crippen LogP contribution in [0.15, 0.2) is 78.9 Å². The van der Waals surface area contributed by atoms with Crippen LogP contribution >= 0.6 is 11.6 Å². The summed E-state index contributed by atoms with van der Waals surface area (Å²) < 4.78 is 10.8. The van der Waals surface area contributed by atoms with Gasteiger partial charge in [0.05, 0.1) is 29.1 Å². The Labute approximate surface area is 196 Å². The number of anilines is 1. The minimum Gasteiger partial charge on any atom is -0.492 e. The zero-order valence-corrected chi connectivity index (χ0v) is 18.6. The number of hydrogen-bond acceptors (Lipinski definition) is 5. The van der Waals surface area contributed by atoms with E-state index in [4.69, 9.17) is 21.1 Å². The van der Waals surface area contributed by atoms with Gasteiger partial charge < -0.3 is 14.8 Å². The van der Waals surface area contributed by atoms with Crippen molar-refractivity contribution in [2.45, 2.75) is 6.92 Å². The molecule has 1 N–H and O–H groups in total. The van der Waals surface area contributed by atoms with Gasteiger partial charge in [-0.05, 0) is 43.3 Å². The normalized spacial score (nSPS) is 10.6. The predicted molar refractivity (Wildman–Crippen MR) is 129 cm³/mol. The van der Waals surface area contributed by atoms with Crippen molar-refractivity contribution >= 4 is 40.1 Å². The van der Waals surface area contributed by atoms with E-state index in [1.807, 2.05) is 43.3 Å². The van der Waals surface area contributed by atoms with Crippen molar-refractivity contribution in [3.8, 4) is 17.0 Å². The predicted octanol–water partition coefficient (Wildman–Crippen LogP) is 5.75. The summed E-state index contributed by atoms with van der Waals surface area (Å²) in [6, 6.07) is 23.2. The number of rotatable bonds is 7. The summed E-state index contributed by atoms with van der Waals surface area (Å²) in [5.41, 5.74) is 2.90. The summed E-state index contributed by atoms with van der Waals surface area (Å²) >= 11 is 5.99. The molecule has 1 amide bonds. The summed E-state index contributed by atoms with van der Waals surface area (Å²) in [6.07, 6.45) is 0. The molecule has 3 aromatic carbocycles. The first-order valence-electron chi connectivity index (χ1n) is 10.4. The van der Waals surface area contributed by atoms with Gasteiger partial charge in [0.15, 0.2) is 6.61 Å². The maximum Gasteiger partial charge on any atom is 0.339 e. The van der Waals surface area contributed by atoms with Crippen LogP contribution < -0.4 is 10.1 Å². The zero-order valence-electron chi connectivity index (χ0n) is 17.9. The van der Waals surface area contributed by atoms with E-state index in [0.29, 0.717) is 45.2 Å². The van der Waals surface area contributed by atoms with Crippen LogP contribution in [0.4, 0.5) is 5.69 Å². The average molecular weight is 461 g/mol. The molecule has 0 aliphatic rings. The molecule has 7 heteroatoms. The maximum atomic E-state index is 12.9. The highest BCUT2D eigenvalue weighted by Gasteiger charge is 2.17. The molecular weight excluding hydrogens is 440 g/mol. The van der Waals surface area contributed by atoms with E-state index < -0.39 is 18.5 Å². The number of esters is 1. The highest BCUT2D eigenvalue weighted by molar-refractivity contribution is 6.30. The van der Waals surface area contributed by atoms with Gasteiger partial charge in [-0.1, -0.05) is 54.1 Å². The minimum absolute atomic E-state index is 0.327. The second-order valence-corrected chi connectivity index (χ2v) is 7.57. The fraction of sp³-hybridized carbons (Fsp3) is 0.115. The van der Waals surface area contributed by atoms with E-state index in [1.54, 1.807) is 42.5 Å². The molecule has 0 saturated heterocycles. The Morgan fingerprint density at radius 3 is 2.48 bits per heavy atom. The monoisotopic (exact) mass is 460 g/mol. The van der Waals surface area contributed by atoms with Crippen molar-refractivity contribution in [2.24, 2.45) is 0 Å². The topological polar surface area (TPSA) is 77.5 Å². The lowest BCUT2D eigenvalue weighted by molar-refractivity contribution is -0.119. The maximum absolute atomic E-state index is 12.9. The number of hydrogen-bond donors (Lipinski definition) is 1. The molecule has 0 bridgehead atoms. The minimum atomic E-state index is -0.614. The molecule has 0 saturated carbocycles. The highest BCUT2D eigenvalue weighted by Crippen LogP contribution is 2.27. The number of aromatic nitrogens is 1. The lowest BCUT2D eigenvalue weighted by Gasteiger charge is -2.12. The van der Waals surface area contributed by atoms with Gasteiger partial charge in [0, 0.05) is 16.0 Å². The number of carbonyl (C=O) groups excluding carboxylic acids is 2. The SMILES string of the molecule is CCOc1ccccc1NC(=O)COC(=O)c1cc(-c2ccc(Cl)cc2)nc2ccccc12. The standard InChI is InChI=1S/C26H21ClN2O4/c1-2-32-24-10-6-5-9-22(24)29-25(30)16-33-26(31)20-15-23(17-11-13-18(27)14-12-17)28-21-8-4-3-7-19(20)21/h3-15H,2,16H2,1H3,(H,29,30). The zero-order chi connectivity index (χ0) is 23.2. The smallest absolute Gasteiger partial charge is 0.339 e. The van der Waals surface area contributed by atoms with Gasteiger partial charge in [-0.15, -0.1) is 0 Å². The van der Waals surface area contributed by atoms with E-state index in [9.17, 15) is 9.59 Å². The molecule has 4 rings (SSSR count).